The van der Waals surface area contributed by atoms with Gasteiger partial charge in [-0.3, -0.25) is 4.79 Å². The van der Waals surface area contributed by atoms with Crippen molar-refractivity contribution in [1.29, 1.82) is 0 Å². The van der Waals surface area contributed by atoms with Gasteiger partial charge < -0.3 is 14.5 Å². The minimum atomic E-state index is -0.390. The van der Waals surface area contributed by atoms with Crippen LogP contribution in [0.25, 0.3) is 5.69 Å². The van der Waals surface area contributed by atoms with Gasteiger partial charge in [-0.15, -0.1) is 0 Å². The van der Waals surface area contributed by atoms with E-state index in [-0.39, 0.29) is 11.5 Å². The fraction of sp³-hybridized carbons (Fsp3) is 0. The highest BCUT2D eigenvalue weighted by Crippen LogP contribution is 2.11. The number of nitrogens with zero attached hydrogens (tertiary/aromatic N) is 2. The third-order valence-corrected chi connectivity index (χ3v) is 2.77. The number of imidazole rings is 2. The number of H-pyrrole nitrogens is 2. The van der Waals surface area contributed by atoms with Crippen LogP contribution in [0.4, 0.5) is 0 Å². The summed E-state index contributed by atoms with van der Waals surface area (Å²) < 4.78 is 1.84. The number of carbonyl (C=O) groups excluding carboxylic acids is 1. The third kappa shape index (κ3) is 2.11. The minimum absolute atomic E-state index is 0.226. The predicted octanol–water partition coefficient (Wildman–Crippen LogP) is 1.12. The van der Waals surface area contributed by atoms with Gasteiger partial charge in [0.15, 0.2) is 0 Å². The number of carbonyl (C=O) groups is 1. The van der Waals surface area contributed by atoms with Crippen molar-refractivity contribution in [2.24, 2.45) is 0 Å². The fourth-order valence-electron chi connectivity index (χ4n) is 1.81. The number of rotatable bonds is 3. The zero-order valence-corrected chi connectivity index (χ0v) is 9.83. The Morgan fingerprint density at radius 3 is 2.58 bits per heavy atom. The van der Waals surface area contributed by atoms with Crippen molar-refractivity contribution in [3.05, 3.63) is 70.9 Å². The molecule has 0 bridgehead atoms. The molecule has 1 aromatic carbocycles. The maximum Gasteiger partial charge on any atom is 0.323 e. The zero-order chi connectivity index (χ0) is 13.2. The van der Waals surface area contributed by atoms with Crippen LogP contribution in [0, 0.1) is 0 Å². The smallest absolute Gasteiger partial charge is 0.312 e. The molecule has 0 fully saturated rings. The molecule has 6 nitrogen and oxygen atoms in total. The maximum absolute atomic E-state index is 12.0. The quantitative estimate of drug-likeness (QED) is 0.687. The van der Waals surface area contributed by atoms with Gasteiger partial charge >= 0.3 is 5.69 Å². The van der Waals surface area contributed by atoms with Gasteiger partial charge in [-0.1, -0.05) is 0 Å². The molecular weight excluding hydrogens is 244 g/mol. The van der Waals surface area contributed by atoms with Gasteiger partial charge in [0.1, 0.15) is 5.69 Å². The van der Waals surface area contributed by atoms with Crippen LogP contribution in [-0.2, 0) is 0 Å². The van der Waals surface area contributed by atoms with Crippen LogP contribution in [0.3, 0.4) is 0 Å². The summed E-state index contributed by atoms with van der Waals surface area (Å²) in [5.74, 6) is -0.226. The normalized spacial score (nSPS) is 10.5. The Hall–Kier alpha value is -2.89. The lowest BCUT2D eigenvalue weighted by atomic mass is 10.1. The standard InChI is InChI=1S/C13H10N4O2/c18-12(11-7-15-13(19)16-11)9-1-3-10(4-2-9)17-6-5-14-8-17/h1-8H,(H2,15,16,19). The first kappa shape index (κ1) is 11.2. The largest absolute Gasteiger partial charge is 0.323 e. The molecule has 2 aromatic heterocycles. The van der Waals surface area contributed by atoms with Crippen LogP contribution in [-0.4, -0.2) is 25.3 Å². The summed E-state index contributed by atoms with van der Waals surface area (Å²) in [7, 11) is 0. The molecule has 94 valence electrons. The van der Waals surface area contributed by atoms with Gasteiger partial charge in [0.05, 0.1) is 6.33 Å². The number of ketones is 1. The molecule has 0 unspecified atom stereocenters. The molecule has 3 aromatic rings. The lowest BCUT2D eigenvalue weighted by Gasteiger charge is -2.03. The summed E-state index contributed by atoms with van der Waals surface area (Å²) in [4.78, 5) is 31.8. The number of nitrogens with one attached hydrogen (secondary N) is 2. The van der Waals surface area contributed by atoms with E-state index in [0.29, 0.717) is 5.56 Å². The Morgan fingerprint density at radius 1 is 1.21 bits per heavy atom. The molecule has 0 aliphatic carbocycles. The maximum atomic E-state index is 12.0. The molecule has 0 spiro atoms. The van der Waals surface area contributed by atoms with E-state index < -0.39 is 5.69 Å². The molecule has 0 saturated heterocycles. The first-order chi connectivity index (χ1) is 9.24. The van der Waals surface area contributed by atoms with Crippen molar-refractivity contribution in [2.45, 2.75) is 0 Å². The molecule has 6 heteroatoms. The van der Waals surface area contributed by atoms with Crippen molar-refractivity contribution in [3.63, 3.8) is 0 Å². The second-order valence-electron chi connectivity index (χ2n) is 4.00. The topological polar surface area (TPSA) is 83.5 Å². The highest BCUT2D eigenvalue weighted by molar-refractivity contribution is 6.07. The van der Waals surface area contributed by atoms with E-state index in [9.17, 15) is 9.59 Å². The molecule has 2 heterocycles. The van der Waals surface area contributed by atoms with Crippen molar-refractivity contribution >= 4 is 5.78 Å². The Bertz CT molecular complexity index is 751. The molecule has 0 aliphatic heterocycles. The van der Waals surface area contributed by atoms with Gasteiger partial charge in [0, 0.05) is 29.8 Å². The highest BCUT2D eigenvalue weighted by atomic mass is 16.1. The molecule has 0 saturated carbocycles. The Labute approximate surface area is 107 Å². The van der Waals surface area contributed by atoms with E-state index in [0.717, 1.165) is 5.69 Å². The van der Waals surface area contributed by atoms with Crippen molar-refractivity contribution < 1.29 is 4.79 Å². The summed E-state index contributed by atoms with van der Waals surface area (Å²) in [5, 5.41) is 0. The average Bonchev–Trinajstić information content (AvgIpc) is 3.09. The highest BCUT2D eigenvalue weighted by Gasteiger charge is 2.10. The molecule has 0 atom stereocenters. The van der Waals surface area contributed by atoms with Gasteiger partial charge in [-0.2, -0.15) is 0 Å². The zero-order valence-electron chi connectivity index (χ0n) is 9.83. The van der Waals surface area contributed by atoms with Crippen molar-refractivity contribution in [3.8, 4) is 5.69 Å². The summed E-state index contributed by atoms with van der Waals surface area (Å²) >= 11 is 0. The van der Waals surface area contributed by atoms with Gasteiger partial charge in [-0.05, 0) is 24.3 Å². The van der Waals surface area contributed by atoms with Gasteiger partial charge in [-0.25, -0.2) is 9.78 Å². The summed E-state index contributed by atoms with van der Waals surface area (Å²) in [6.07, 6.45) is 6.55. The van der Waals surface area contributed by atoms with E-state index in [4.69, 9.17) is 0 Å². The SMILES string of the molecule is O=C(c1ccc(-n2ccnc2)cc1)c1c[nH]c(=O)[nH]1. The molecule has 0 amide bonds. The second-order valence-corrected chi connectivity index (χ2v) is 4.00. The Morgan fingerprint density at radius 2 is 2.00 bits per heavy atom. The number of aromatic nitrogens is 4. The monoisotopic (exact) mass is 254 g/mol. The first-order valence-corrected chi connectivity index (χ1v) is 5.65. The predicted molar refractivity (Wildman–Crippen MR) is 68.4 cm³/mol. The van der Waals surface area contributed by atoms with E-state index in [1.54, 1.807) is 24.7 Å². The van der Waals surface area contributed by atoms with E-state index in [1.165, 1.54) is 6.20 Å². The van der Waals surface area contributed by atoms with Crippen LogP contribution < -0.4 is 5.69 Å². The fourth-order valence-corrected chi connectivity index (χ4v) is 1.81. The molecule has 19 heavy (non-hydrogen) atoms. The third-order valence-electron chi connectivity index (χ3n) is 2.77. The molecule has 0 aliphatic rings. The van der Waals surface area contributed by atoms with Gasteiger partial charge in [0.2, 0.25) is 5.78 Å². The van der Waals surface area contributed by atoms with E-state index in [1.807, 2.05) is 22.9 Å². The number of benzene rings is 1. The van der Waals surface area contributed by atoms with Crippen molar-refractivity contribution in [1.82, 2.24) is 19.5 Å². The molecule has 2 N–H and O–H groups in total. The minimum Gasteiger partial charge on any atom is -0.312 e. The summed E-state index contributed by atoms with van der Waals surface area (Å²) in [5.41, 5.74) is 1.29. The van der Waals surface area contributed by atoms with E-state index in [2.05, 4.69) is 15.0 Å². The van der Waals surface area contributed by atoms with Crippen LogP contribution >= 0.6 is 0 Å². The van der Waals surface area contributed by atoms with E-state index >= 15 is 0 Å². The lowest BCUT2D eigenvalue weighted by Crippen LogP contribution is -2.06. The summed E-state index contributed by atoms with van der Waals surface area (Å²) in [6.45, 7) is 0. The number of hydrogen-bond donors (Lipinski definition) is 2. The Kier molecular flexibility index (Phi) is 2.60. The van der Waals surface area contributed by atoms with Crippen molar-refractivity contribution in [2.75, 3.05) is 0 Å². The summed E-state index contributed by atoms with van der Waals surface area (Å²) in [6, 6.07) is 7.06. The van der Waals surface area contributed by atoms with Gasteiger partial charge in [0.25, 0.3) is 0 Å². The Balaban J connectivity index is 1.91. The molecule has 3 rings (SSSR count). The lowest BCUT2D eigenvalue weighted by molar-refractivity contribution is 0.103. The first-order valence-electron chi connectivity index (χ1n) is 5.65. The van der Waals surface area contributed by atoms with Crippen LogP contribution in [0.5, 0.6) is 0 Å². The number of hydrogen-bond acceptors (Lipinski definition) is 3. The number of aromatic amines is 2. The average molecular weight is 254 g/mol. The molecular formula is C13H10N4O2. The van der Waals surface area contributed by atoms with Crippen LogP contribution in [0.1, 0.15) is 16.1 Å². The second kappa shape index (κ2) is 4.41. The molecule has 0 radical (unpaired) electrons. The van der Waals surface area contributed by atoms with Crippen LogP contribution in [0.2, 0.25) is 0 Å². The van der Waals surface area contributed by atoms with Crippen LogP contribution in [0.15, 0.2) is 54.0 Å².